The highest BCUT2D eigenvalue weighted by Gasteiger charge is 2.36. The molecule has 0 saturated carbocycles. The molecule has 5 rings (SSSR count). The van der Waals surface area contributed by atoms with Gasteiger partial charge in [-0.15, -0.1) is 0 Å². The molecular formula is C26H24ClFN4O5S. The lowest BCUT2D eigenvalue weighted by Gasteiger charge is -2.32. The molecule has 1 amide bonds. The molecule has 0 spiro atoms. The number of nitrogens with one attached hydrogen (secondary N) is 1. The molecule has 1 aliphatic heterocycles. The maximum absolute atomic E-state index is 14.3. The second-order valence-corrected chi connectivity index (χ2v) is 11.2. The van der Waals surface area contributed by atoms with Gasteiger partial charge in [-0.1, -0.05) is 17.7 Å². The van der Waals surface area contributed by atoms with E-state index in [1.165, 1.54) is 16.6 Å². The first-order valence-corrected chi connectivity index (χ1v) is 13.5. The summed E-state index contributed by atoms with van der Waals surface area (Å²) in [5, 5.41) is 0.598. The van der Waals surface area contributed by atoms with Crippen LogP contribution in [-0.2, 0) is 14.8 Å². The number of amides is 1. The summed E-state index contributed by atoms with van der Waals surface area (Å²) >= 11 is 6.11. The molecule has 1 aliphatic rings. The molecule has 38 heavy (non-hydrogen) atoms. The second kappa shape index (κ2) is 10.3. The Bertz CT molecular complexity index is 1640. The lowest BCUT2D eigenvalue weighted by Crippen LogP contribution is -2.47. The van der Waals surface area contributed by atoms with Crippen molar-refractivity contribution < 1.29 is 27.1 Å². The van der Waals surface area contributed by atoms with Crippen LogP contribution >= 0.6 is 11.6 Å². The molecule has 1 atom stereocenters. The number of primary amides is 1. The number of halogens is 2. The summed E-state index contributed by atoms with van der Waals surface area (Å²) in [5.74, 6) is -1.01. The first-order chi connectivity index (χ1) is 18.1. The number of ether oxygens (including phenoxy) is 2. The third-order valence-electron chi connectivity index (χ3n) is 6.35. The van der Waals surface area contributed by atoms with Crippen LogP contribution in [0.15, 0.2) is 59.6 Å². The number of nitrogens with zero attached hydrogens (tertiary/aromatic N) is 2. The SMILES string of the molecule is Cc1ccc(OCC2CN(S(=O)(=O)c3c(C(N)=O)[nH]c4ccc(Cl)cc34)CCO2)cc1-c1cccnc1F. The molecule has 2 aromatic heterocycles. The van der Waals surface area contributed by atoms with Gasteiger partial charge in [0.05, 0.1) is 6.61 Å². The van der Waals surface area contributed by atoms with Crippen molar-refractivity contribution >= 4 is 38.4 Å². The van der Waals surface area contributed by atoms with Gasteiger partial charge in [-0.3, -0.25) is 4.79 Å². The standard InChI is InChI=1S/C26H24ClFN4O5S/c1-15-4-6-17(12-20(15)19-3-2-8-30-25(19)28)37-14-18-13-32(9-10-36-18)38(34,35)24-21-11-16(27)5-7-22(21)31-23(24)26(29)33/h2-8,11-12,18,31H,9-10,13-14H2,1H3,(H2,29,33). The zero-order chi connectivity index (χ0) is 27.0. The fourth-order valence-corrected chi connectivity index (χ4v) is 6.44. The minimum absolute atomic E-state index is 0.0102. The smallest absolute Gasteiger partial charge is 0.266 e. The number of morpholine rings is 1. The Morgan fingerprint density at radius 1 is 1.26 bits per heavy atom. The molecule has 1 saturated heterocycles. The quantitative estimate of drug-likeness (QED) is 0.331. The Morgan fingerprint density at radius 2 is 2.08 bits per heavy atom. The molecule has 12 heteroatoms. The lowest BCUT2D eigenvalue weighted by molar-refractivity contribution is -0.0249. The Balaban J connectivity index is 1.36. The normalized spacial score (nSPS) is 16.6. The zero-order valence-electron chi connectivity index (χ0n) is 20.3. The van der Waals surface area contributed by atoms with Gasteiger partial charge in [0.1, 0.15) is 29.0 Å². The zero-order valence-corrected chi connectivity index (χ0v) is 21.9. The number of H-pyrrole nitrogens is 1. The van der Waals surface area contributed by atoms with Gasteiger partial charge in [-0.2, -0.15) is 8.70 Å². The van der Waals surface area contributed by atoms with Gasteiger partial charge in [-0.25, -0.2) is 13.4 Å². The third-order valence-corrected chi connectivity index (χ3v) is 8.54. The largest absolute Gasteiger partial charge is 0.491 e. The van der Waals surface area contributed by atoms with Gasteiger partial charge in [-0.05, 0) is 60.5 Å². The fourth-order valence-electron chi connectivity index (χ4n) is 4.48. The molecule has 0 aliphatic carbocycles. The van der Waals surface area contributed by atoms with Crippen molar-refractivity contribution in [3.05, 3.63) is 77.0 Å². The Labute approximate surface area is 223 Å². The number of carbonyl (C=O) groups excluding carboxylic acids is 1. The van der Waals surface area contributed by atoms with Crippen molar-refractivity contribution in [2.75, 3.05) is 26.3 Å². The number of aryl methyl sites for hydroxylation is 1. The molecule has 3 heterocycles. The van der Waals surface area contributed by atoms with E-state index in [0.29, 0.717) is 27.4 Å². The summed E-state index contributed by atoms with van der Waals surface area (Å²) in [5.41, 5.74) is 7.55. The summed E-state index contributed by atoms with van der Waals surface area (Å²) in [7, 11) is -4.15. The number of hydrogen-bond acceptors (Lipinski definition) is 6. The highest BCUT2D eigenvalue weighted by Crippen LogP contribution is 2.33. The highest BCUT2D eigenvalue weighted by molar-refractivity contribution is 7.89. The highest BCUT2D eigenvalue weighted by atomic mass is 35.5. The molecular weight excluding hydrogens is 535 g/mol. The van der Waals surface area contributed by atoms with Gasteiger partial charge in [0.2, 0.25) is 16.0 Å². The van der Waals surface area contributed by atoms with Crippen molar-refractivity contribution in [3.63, 3.8) is 0 Å². The maximum Gasteiger partial charge on any atom is 0.266 e. The molecule has 1 fully saturated rings. The van der Waals surface area contributed by atoms with Crippen LogP contribution in [0, 0.1) is 12.9 Å². The predicted molar refractivity (Wildman–Crippen MR) is 140 cm³/mol. The van der Waals surface area contributed by atoms with Crippen molar-refractivity contribution in [2.24, 2.45) is 5.73 Å². The van der Waals surface area contributed by atoms with Crippen LogP contribution < -0.4 is 10.5 Å². The number of aromatic amines is 1. The minimum atomic E-state index is -4.15. The summed E-state index contributed by atoms with van der Waals surface area (Å²) in [6.45, 7) is 2.11. The lowest BCUT2D eigenvalue weighted by atomic mass is 10.0. The first kappa shape index (κ1) is 26.1. The molecule has 4 aromatic rings. The van der Waals surface area contributed by atoms with E-state index in [2.05, 4.69) is 9.97 Å². The summed E-state index contributed by atoms with van der Waals surface area (Å²) in [6, 6.07) is 13.2. The van der Waals surface area contributed by atoms with Crippen molar-refractivity contribution in [1.29, 1.82) is 0 Å². The molecule has 3 N–H and O–H groups in total. The van der Waals surface area contributed by atoms with Crippen molar-refractivity contribution in [1.82, 2.24) is 14.3 Å². The third kappa shape index (κ3) is 4.97. The van der Waals surface area contributed by atoms with E-state index in [9.17, 15) is 17.6 Å². The molecule has 9 nitrogen and oxygen atoms in total. The number of hydrogen-bond donors (Lipinski definition) is 2. The second-order valence-electron chi connectivity index (χ2n) is 8.87. The summed E-state index contributed by atoms with van der Waals surface area (Å²) < 4.78 is 54.6. The van der Waals surface area contributed by atoms with Gasteiger partial charge < -0.3 is 20.2 Å². The van der Waals surface area contributed by atoms with Crippen LogP contribution in [0.1, 0.15) is 16.1 Å². The Morgan fingerprint density at radius 3 is 2.84 bits per heavy atom. The van der Waals surface area contributed by atoms with Crippen LogP contribution in [0.3, 0.4) is 0 Å². The van der Waals surface area contributed by atoms with Crippen molar-refractivity contribution in [3.8, 4) is 16.9 Å². The van der Waals surface area contributed by atoms with Gasteiger partial charge in [0.25, 0.3) is 5.91 Å². The average molecular weight is 559 g/mol. The average Bonchev–Trinajstić information content (AvgIpc) is 3.29. The van der Waals surface area contributed by atoms with E-state index >= 15 is 0 Å². The summed E-state index contributed by atoms with van der Waals surface area (Å²) in [6.07, 6.45) is 0.788. The minimum Gasteiger partial charge on any atom is -0.491 e. The molecule has 0 bridgehead atoms. The number of nitrogens with two attached hydrogens (primary N) is 1. The number of fused-ring (bicyclic) bond motifs is 1. The number of pyridine rings is 1. The number of aromatic nitrogens is 2. The van der Waals surface area contributed by atoms with E-state index < -0.39 is 28.0 Å². The van der Waals surface area contributed by atoms with Gasteiger partial charge in [0, 0.05) is 40.8 Å². The molecule has 198 valence electrons. The van der Waals surface area contributed by atoms with Crippen LogP contribution in [0.2, 0.25) is 5.02 Å². The van der Waals surface area contributed by atoms with Crippen LogP contribution in [0.25, 0.3) is 22.0 Å². The molecule has 0 radical (unpaired) electrons. The summed E-state index contributed by atoms with van der Waals surface area (Å²) in [4.78, 5) is 18.4. The van der Waals surface area contributed by atoms with E-state index in [1.54, 1.807) is 36.4 Å². The van der Waals surface area contributed by atoms with Gasteiger partial charge in [0.15, 0.2) is 0 Å². The fraction of sp³-hybridized carbons (Fsp3) is 0.231. The van der Waals surface area contributed by atoms with E-state index in [-0.39, 0.29) is 42.3 Å². The van der Waals surface area contributed by atoms with E-state index in [4.69, 9.17) is 26.8 Å². The predicted octanol–water partition coefficient (Wildman–Crippen LogP) is 3.90. The van der Waals surface area contributed by atoms with E-state index in [1.807, 2.05) is 13.0 Å². The number of carbonyl (C=O) groups is 1. The Kier molecular flexibility index (Phi) is 7.10. The topological polar surface area (TPSA) is 128 Å². The van der Waals surface area contributed by atoms with Crippen LogP contribution in [-0.4, -0.2) is 61.0 Å². The van der Waals surface area contributed by atoms with Crippen LogP contribution in [0.5, 0.6) is 5.75 Å². The van der Waals surface area contributed by atoms with Gasteiger partial charge >= 0.3 is 0 Å². The Hall–Kier alpha value is -3.51. The monoisotopic (exact) mass is 558 g/mol. The number of rotatable bonds is 7. The number of sulfonamides is 1. The molecule has 2 aromatic carbocycles. The van der Waals surface area contributed by atoms with Crippen LogP contribution in [0.4, 0.5) is 4.39 Å². The van der Waals surface area contributed by atoms with Crippen molar-refractivity contribution in [2.45, 2.75) is 17.9 Å². The number of benzene rings is 2. The first-order valence-electron chi connectivity index (χ1n) is 11.7. The molecule has 1 unspecified atom stereocenters. The maximum atomic E-state index is 14.3. The van der Waals surface area contributed by atoms with E-state index in [0.717, 1.165) is 5.56 Å².